The van der Waals surface area contributed by atoms with Crippen molar-refractivity contribution in [1.29, 1.82) is 0 Å². The molecule has 136 valence electrons. The van der Waals surface area contributed by atoms with Crippen LogP contribution in [0.2, 0.25) is 0 Å². The molecule has 1 aliphatic carbocycles. The van der Waals surface area contributed by atoms with Gasteiger partial charge in [0, 0.05) is 12.1 Å². The number of rotatable bonds is 9. The Hall–Kier alpha value is -1.27. The van der Waals surface area contributed by atoms with Gasteiger partial charge in [0.15, 0.2) is 11.5 Å². The standard InChI is InChI=1S/C18H29NO4S/c1-3-12-22-17-11-10-16(14-18(17)23-13-4-2)24(20,21)19-15-8-6-5-7-9-15/h10-11,14-15,19H,3-9,12-13H2,1-2H3. The maximum absolute atomic E-state index is 12.6. The zero-order chi connectivity index (χ0) is 17.4. The number of nitrogens with one attached hydrogen (secondary N) is 1. The molecule has 0 aliphatic heterocycles. The summed E-state index contributed by atoms with van der Waals surface area (Å²) in [6.07, 6.45) is 6.92. The molecule has 0 heterocycles. The lowest BCUT2D eigenvalue weighted by Gasteiger charge is -2.23. The molecule has 0 atom stereocenters. The maximum atomic E-state index is 12.6. The van der Waals surface area contributed by atoms with Crippen LogP contribution in [0.15, 0.2) is 23.1 Å². The fourth-order valence-electron chi connectivity index (χ4n) is 2.82. The molecule has 6 heteroatoms. The Morgan fingerprint density at radius 1 is 1.00 bits per heavy atom. The molecule has 1 aliphatic rings. The summed E-state index contributed by atoms with van der Waals surface area (Å²) in [5.74, 6) is 1.10. The highest BCUT2D eigenvalue weighted by Gasteiger charge is 2.23. The average Bonchev–Trinajstić information content (AvgIpc) is 2.59. The van der Waals surface area contributed by atoms with Crippen LogP contribution in [0.4, 0.5) is 0 Å². The van der Waals surface area contributed by atoms with Gasteiger partial charge in [-0.3, -0.25) is 0 Å². The van der Waals surface area contributed by atoms with Crippen LogP contribution >= 0.6 is 0 Å². The number of sulfonamides is 1. The first kappa shape index (κ1) is 19.1. The van der Waals surface area contributed by atoms with Crippen molar-refractivity contribution in [2.24, 2.45) is 0 Å². The molecule has 1 aromatic carbocycles. The highest BCUT2D eigenvalue weighted by Crippen LogP contribution is 2.31. The quantitative estimate of drug-likeness (QED) is 0.730. The van der Waals surface area contributed by atoms with Gasteiger partial charge in [-0.05, 0) is 37.8 Å². The molecule has 24 heavy (non-hydrogen) atoms. The van der Waals surface area contributed by atoms with E-state index >= 15 is 0 Å². The summed E-state index contributed by atoms with van der Waals surface area (Å²) in [5.41, 5.74) is 0. The fraction of sp³-hybridized carbons (Fsp3) is 0.667. The van der Waals surface area contributed by atoms with Crippen molar-refractivity contribution in [2.45, 2.75) is 69.7 Å². The molecule has 0 bridgehead atoms. The molecule has 0 amide bonds. The van der Waals surface area contributed by atoms with E-state index in [-0.39, 0.29) is 10.9 Å². The van der Waals surface area contributed by atoms with Crippen LogP contribution in [0, 0.1) is 0 Å². The summed E-state index contributed by atoms with van der Waals surface area (Å²) < 4.78 is 39.5. The molecule has 1 N–H and O–H groups in total. The Bertz CT molecular complexity index is 609. The smallest absolute Gasteiger partial charge is 0.240 e. The zero-order valence-electron chi connectivity index (χ0n) is 14.7. The van der Waals surface area contributed by atoms with Gasteiger partial charge in [0.1, 0.15) is 0 Å². The second-order valence-corrected chi connectivity index (χ2v) is 7.98. The summed E-state index contributed by atoms with van der Waals surface area (Å²) in [6.45, 7) is 5.15. The van der Waals surface area contributed by atoms with Crippen LogP contribution in [0.1, 0.15) is 58.8 Å². The molecular weight excluding hydrogens is 326 g/mol. The van der Waals surface area contributed by atoms with Crippen molar-refractivity contribution in [3.8, 4) is 11.5 Å². The Kier molecular flexibility index (Phi) is 7.37. The predicted molar refractivity (Wildman–Crippen MR) is 95.2 cm³/mol. The Morgan fingerprint density at radius 2 is 1.62 bits per heavy atom. The average molecular weight is 356 g/mol. The lowest BCUT2D eigenvalue weighted by Crippen LogP contribution is -2.36. The summed E-state index contributed by atoms with van der Waals surface area (Å²) in [6, 6.07) is 4.90. The number of hydrogen-bond donors (Lipinski definition) is 1. The van der Waals surface area contributed by atoms with Crippen LogP contribution in [-0.2, 0) is 10.0 Å². The van der Waals surface area contributed by atoms with Gasteiger partial charge < -0.3 is 9.47 Å². The third kappa shape index (κ3) is 5.38. The monoisotopic (exact) mass is 355 g/mol. The molecule has 1 saturated carbocycles. The molecule has 0 unspecified atom stereocenters. The molecular formula is C18H29NO4S. The van der Waals surface area contributed by atoms with E-state index in [0.717, 1.165) is 38.5 Å². The highest BCUT2D eigenvalue weighted by molar-refractivity contribution is 7.89. The number of benzene rings is 1. The Morgan fingerprint density at radius 3 is 2.25 bits per heavy atom. The number of ether oxygens (including phenoxy) is 2. The van der Waals surface area contributed by atoms with Gasteiger partial charge >= 0.3 is 0 Å². The van der Waals surface area contributed by atoms with Gasteiger partial charge in [0.25, 0.3) is 0 Å². The molecule has 0 radical (unpaired) electrons. The van der Waals surface area contributed by atoms with E-state index in [0.29, 0.717) is 24.7 Å². The summed E-state index contributed by atoms with van der Waals surface area (Å²) in [4.78, 5) is 0.239. The lowest BCUT2D eigenvalue weighted by atomic mass is 9.96. The lowest BCUT2D eigenvalue weighted by molar-refractivity contribution is 0.267. The van der Waals surface area contributed by atoms with Gasteiger partial charge in [-0.15, -0.1) is 0 Å². The first-order valence-electron chi connectivity index (χ1n) is 8.98. The Balaban J connectivity index is 2.18. The van der Waals surface area contributed by atoms with E-state index in [1.165, 1.54) is 6.42 Å². The molecule has 1 fully saturated rings. The topological polar surface area (TPSA) is 64.6 Å². The van der Waals surface area contributed by atoms with Gasteiger partial charge in [-0.2, -0.15) is 0 Å². The van der Waals surface area contributed by atoms with E-state index in [1.54, 1.807) is 18.2 Å². The van der Waals surface area contributed by atoms with Crippen LogP contribution in [0.5, 0.6) is 11.5 Å². The van der Waals surface area contributed by atoms with E-state index in [1.807, 2.05) is 13.8 Å². The van der Waals surface area contributed by atoms with Crippen LogP contribution < -0.4 is 14.2 Å². The van der Waals surface area contributed by atoms with E-state index in [4.69, 9.17) is 9.47 Å². The molecule has 2 rings (SSSR count). The zero-order valence-corrected chi connectivity index (χ0v) is 15.5. The van der Waals surface area contributed by atoms with Crippen molar-refractivity contribution < 1.29 is 17.9 Å². The second-order valence-electron chi connectivity index (χ2n) is 6.26. The molecule has 0 spiro atoms. The Labute approximate surface area is 145 Å². The number of hydrogen-bond acceptors (Lipinski definition) is 4. The third-order valence-electron chi connectivity index (χ3n) is 4.08. The van der Waals surface area contributed by atoms with Crippen molar-refractivity contribution >= 4 is 10.0 Å². The van der Waals surface area contributed by atoms with Crippen molar-refractivity contribution in [1.82, 2.24) is 4.72 Å². The summed E-state index contributed by atoms with van der Waals surface area (Å²) in [5, 5.41) is 0. The van der Waals surface area contributed by atoms with Crippen molar-refractivity contribution in [3.05, 3.63) is 18.2 Å². The first-order chi connectivity index (χ1) is 11.6. The summed E-state index contributed by atoms with van der Waals surface area (Å²) in [7, 11) is -3.53. The van der Waals surface area contributed by atoms with Crippen molar-refractivity contribution in [2.75, 3.05) is 13.2 Å². The SMILES string of the molecule is CCCOc1ccc(S(=O)(=O)NC2CCCCC2)cc1OCCC. The fourth-order valence-corrected chi connectivity index (χ4v) is 4.14. The summed E-state index contributed by atoms with van der Waals surface area (Å²) >= 11 is 0. The van der Waals surface area contributed by atoms with Gasteiger partial charge in [0.2, 0.25) is 10.0 Å². The van der Waals surface area contributed by atoms with Crippen LogP contribution in [0.3, 0.4) is 0 Å². The van der Waals surface area contributed by atoms with E-state index < -0.39 is 10.0 Å². The molecule has 0 aromatic heterocycles. The van der Waals surface area contributed by atoms with E-state index in [9.17, 15) is 8.42 Å². The minimum Gasteiger partial charge on any atom is -0.490 e. The van der Waals surface area contributed by atoms with Gasteiger partial charge in [0.05, 0.1) is 18.1 Å². The normalized spacial score (nSPS) is 16.1. The minimum atomic E-state index is -3.53. The third-order valence-corrected chi connectivity index (χ3v) is 5.59. The first-order valence-corrected chi connectivity index (χ1v) is 10.5. The maximum Gasteiger partial charge on any atom is 0.240 e. The van der Waals surface area contributed by atoms with Crippen LogP contribution in [0.25, 0.3) is 0 Å². The second kappa shape index (κ2) is 9.28. The largest absolute Gasteiger partial charge is 0.490 e. The van der Waals surface area contributed by atoms with Gasteiger partial charge in [-0.1, -0.05) is 33.1 Å². The highest BCUT2D eigenvalue weighted by atomic mass is 32.2. The predicted octanol–water partition coefficient (Wildman–Crippen LogP) is 3.88. The van der Waals surface area contributed by atoms with Crippen LogP contribution in [-0.4, -0.2) is 27.7 Å². The molecule has 1 aromatic rings. The van der Waals surface area contributed by atoms with E-state index in [2.05, 4.69) is 4.72 Å². The minimum absolute atomic E-state index is 0.0415. The van der Waals surface area contributed by atoms with Crippen molar-refractivity contribution in [3.63, 3.8) is 0 Å². The molecule has 0 saturated heterocycles. The molecule has 5 nitrogen and oxygen atoms in total. The van der Waals surface area contributed by atoms with Gasteiger partial charge in [-0.25, -0.2) is 13.1 Å².